The van der Waals surface area contributed by atoms with E-state index in [4.69, 9.17) is 0 Å². The number of piperidine rings is 1. The molecule has 0 aromatic rings. The van der Waals surface area contributed by atoms with Crippen molar-refractivity contribution in [2.24, 2.45) is 11.3 Å². The van der Waals surface area contributed by atoms with Crippen molar-refractivity contribution in [1.82, 2.24) is 15.1 Å². The molecule has 0 bridgehead atoms. The molecule has 1 rings (SSSR count). The second kappa shape index (κ2) is 10.8. The van der Waals surface area contributed by atoms with Crippen LogP contribution < -0.4 is 5.32 Å². The molecule has 8 nitrogen and oxygen atoms in total. The Morgan fingerprint density at radius 3 is 2.16 bits per heavy atom. The van der Waals surface area contributed by atoms with E-state index in [1.807, 2.05) is 34.6 Å². The van der Waals surface area contributed by atoms with Crippen LogP contribution in [-0.4, -0.2) is 70.3 Å². The van der Waals surface area contributed by atoms with Crippen molar-refractivity contribution in [1.29, 1.82) is 0 Å². The minimum Gasteiger partial charge on any atom is -0.478 e. The predicted octanol–water partition coefficient (Wildman–Crippen LogP) is 2.43. The van der Waals surface area contributed by atoms with E-state index in [-0.39, 0.29) is 29.2 Å². The second-order valence-corrected chi connectivity index (χ2v) is 9.87. The zero-order valence-corrected chi connectivity index (χ0v) is 20.2. The Balaban J connectivity index is 3.16. The summed E-state index contributed by atoms with van der Waals surface area (Å²) in [6.07, 6.45) is 3.86. The van der Waals surface area contributed by atoms with E-state index in [2.05, 4.69) is 5.32 Å². The molecule has 2 N–H and O–H groups in total. The molecule has 3 amide bonds. The number of nitrogens with zero attached hydrogens (tertiary/aromatic N) is 2. The Hall–Kier alpha value is -2.38. The van der Waals surface area contributed by atoms with Crippen LogP contribution in [0.1, 0.15) is 67.7 Å². The van der Waals surface area contributed by atoms with Gasteiger partial charge < -0.3 is 20.2 Å². The molecule has 3 atom stereocenters. The summed E-state index contributed by atoms with van der Waals surface area (Å²) in [4.78, 5) is 52.9. The molecule has 8 heteroatoms. The number of aliphatic carboxylic acids is 1. The molecule has 0 aliphatic carbocycles. The molecule has 0 radical (unpaired) electrons. The highest BCUT2D eigenvalue weighted by Gasteiger charge is 2.39. The molecular weight excluding hydrogens is 398 g/mol. The lowest BCUT2D eigenvalue weighted by Crippen LogP contribution is -2.60. The van der Waals surface area contributed by atoms with Crippen molar-refractivity contribution in [2.75, 3.05) is 13.6 Å². The summed E-state index contributed by atoms with van der Waals surface area (Å²) in [5.41, 5.74) is -0.418. The third-order valence-corrected chi connectivity index (χ3v) is 5.85. The van der Waals surface area contributed by atoms with E-state index in [9.17, 15) is 24.3 Å². The van der Waals surface area contributed by atoms with E-state index in [1.165, 1.54) is 18.7 Å². The number of carboxylic acid groups (broad SMARTS) is 1. The van der Waals surface area contributed by atoms with Gasteiger partial charge in [0.25, 0.3) is 0 Å². The fraction of sp³-hybridized carbons (Fsp3) is 0.739. The summed E-state index contributed by atoms with van der Waals surface area (Å²) in [5, 5.41) is 12.1. The normalized spacial score (nSPS) is 19.6. The first kappa shape index (κ1) is 26.7. The number of nitrogens with one attached hydrogen (secondary N) is 1. The van der Waals surface area contributed by atoms with Crippen molar-refractivity contribution < 1.29 is 24.3 Å². The van der Waals surface area contributed by atoms with Gasteiger partial charge in [-0.25, -0.2) is 4.79 Å². The van der Waals surface area contributed by atoms with Crippen molar-refractivity contribution in [3.8, 4) is 0 Å². The van der Waals surface area contributed by atoms with Crippen LogP contribution in [0.5, 0.6) is 0 Å². The fourth-order valence-electron chi connectivity index (χ4n) is 3.90. The lowest BCUT2D eigenvalue weighted by molar-refractivity contribution is -0.145. The molecule has 1 aliphatic rings. The molecule has 1 fully saturated rings. The van der Waals surface area contributed by atoms with E-state index >= 15 is 0 Å². The summed E-state index contributed by atoms with van der Waals surface area (Å²) in [7, 11) is 1.63. The number of likely N-dealkylation sites (N-methyl/N-ethyl adjacent to an activating group) is 1. The van der Waals surface area contributed by atoms with Gasteiger partial charge in [0.2, 0.25) is 17.7 Å². The molecular formula is C23H39N3O5. The summed E-state index contributed by atoms with van der Waals surface area (Å²) in [5.74, 6) is -1.82. The number of carbonyl (C=O) groups is 4. The standard InChI is InChI=1S/C23H39N3O5/c1-14(2)18(13-15(3)22(30)31)25(8)21(29)19(23(5,6)7)24-20(28)17-11-9-10-12-26(17)16(4)27/h13-14,17-19H,9-12H2,1-8H3,(H,24,28)(H,30,31)/b15-13+/t17-,18-,19-/m1/s1. The van der Waals surface area contributed by atoms with Crippen LogP contribution in [0, 0.1) is 11.3 Å². The Kier molecular flexibility index (Phi) is 9.26. The van der Waals surface area contributed by atoms with Gasteiger partial charge in [-0.15, -0.1) is 0 Å². The van der Waals surface area contributed by atoms with Gasteiger partial charge in [-0.1, -0.05) is 40.7 Å². The number of carbonyl (C=O) groups excluding carboxylic acids is 3. The van der Waals surface area contributed by atoms with E-state index in [0.717, 1.165) is 12.8 Å². The maximum absolute atomic E-state index is 13.5. The topological polar surface area (TPSA) is 107 Å². The molecule has 0 aromatic heterocycles. The minimum absolute atomic E-state index is 0.0221. The number of amides is 3. The molecule has 1 saturated heterocycles. The predicted molar refractivity (Wildman–Crippen MR) is 119 cm³/mol. The average molecular weight is 438 g/mol. The fourth-order valence-corrected chi connectivity index (χ4v) is 3.90. The van der Waals surface area contributed by atoms with E-state index in [0.29, 0.717) is 13.0 Å². The van der Waals surface area contributed by atoms with Crippen molar-refractivity contribution >= 4 is 23.7 Å². The van der Waals surface area contributed by atoms with Gasteiger partial charge in [0, 0.05) is 26.1 Å². The first-order valence-corrected chi connectivity index (χ1v) is 10.9. The number of rotatable bonds is 7. The SMILES string of the molecule is CC(=O)N1CCCC[C@@H]1C(=O)N[C@H](C(=O)N(C)[C@H](/C=C(\C)C(=O)O)C(C)C)C(C)(C)C. The number of carboxylic acids is 1. The first-order chi connectivity index (χ1) is 14.2. The quantitative estimate of drug-likeness (QED) is 0.595. The van der Waals surface area contributed by atoms with Gasteiger partial charge in [-0.05, 0) is 37.5 Å². The Bertz CT molecular complexity index is 723. The van der Waals surface area contributed by atoms with Gasteiger partial charge in [-0.2, -0.15) is 0 Å². The zero-order valence-electron chi connectivity index (χ0n) is 20.2. The van der Waals surface area contributed by atoms with E-state index < -0.39 is 29.5 Å². The number of hydrogen-bond acceptors (Lipinski definition) is 4. The molecule has 176 valence electrons. The van der Waals surface area contributed by atoms with Crippen molar-refractivity contribution in [2.45, 2.75) is 85.9 Å². The van der Waals surface area contributed by atoms with Gasteiger partial charge in [0.15, 0.2) is 0 Å². The van der Waals surface area contributed by atoms with Crippen LogP contribution in [0.4, 0.5) is 0 Å². The molecule has 0 saturated carbocycles. The average Bonchev–Trinajstić information content (AvgIpc) is 2.67. The van der Waals surface area contributed by atoms with Crippen LogP contribution in [-0.2, 0) is 19.2 Å². The minimum atomic E-state index is -1.03. The molecule has 31 heavy (non-hydrogen) atoms. The summed E-state index contributed by atoms with van der Waals surface area (Å²) in [6.45, 7) is 12.9. The van der Waals surface area contributed by atoms with Gasteiger partial charge in [0.1, 0.15) is 12.1 Å². The monoisotopic (exact) mass is 437 g/mol. The van der Waals surface area contributed by atoms with Crippen LogP contribution >= 0.6 is 0 Å². The first-order valence-electron chi connectivity index (χ1n) is 10.9. The molecule has 1 heterocycles. The van der Waals surface area contributed by atoms with Crippen LogP contribution in [0.25, 0.3) is 0 Å². The smallest absolute Gasteiger partial charge is 0.331 e. The number of hydrogen-bond donors (Lipinski definition) is 2. The Labute approximate surface area is 186 Å². The third kappa shape index (κ3) is 7.08. The van der Waals surface area contributed by atoms with Crippen molar-refractivity contribution in [3.05, 3.63) is 11.6 Å². The van der Waals surface area contributed by atoms with Crippen LogP contribution in [0.15, 0.2) is 11.6 Å². The molecule has 1 aliphatic heterocycles. The van der Waals surface area contributed by atoms with Gasteiger partial charge in [0.05, 0.1) is 6.04 Å². The highest BCUT2D eigenvalue weighted by molar-refractivity contribution is 5.92. The molecule has 0 unspecified atom stereocenters. The van der Waals surface area contributed by atoms with Crippen molar-refractivity contribution in [3.63, 3.8) is 0 Å². The Morgan fingerprint density at radius 1 is 1.13 bits per heavy atom. The summed E-state index contributed by atoms with van der Waals surface area (Å²) < 4.78 is 0. The number of likely N-dealkylation sites (tertiary alicyclic amines) is 1. The van der Waals surface area contributed by atoms with E-state index in [1.54, 1.807) is 18.0 Å². The lowest BCUT2D eigenvalue weighted by Gasteiger charge is -2.39. The highest BCUT2D eigenvalue weighted by atomic mass is 16.4. The third-order valence-electron chi connectivity index (χ3n) is 5.85. The van der Waals surface area contributed by atoms with Crippen LogP contribution in [0.2, 0.25) is 0 Å². The van der Waals surface area contributed by atoms with Gasteiger partial charge in [-0.3, -0.25) is 14.4 Å². The second-order valence-electron chi connectivity index (χ2n) is 9.87. The maximum Gasteiger partial charge on any atom is 0.331 e. The molecule has 0 aromatic carbocycles. The van der Waals surface area contributed by atoms with Gasteiger partial charge >= 0.3 is 5.97 Å². The van der Waals surface area contributed by atoms with Crippen LogP contribution in [0.3, 0.4) is 0 Å². The summed E-state index contributed by atoms with van der Waals surface area (Å²) in [6, 6.07) is -1.83. The molecule has 0 spiro atoms. The highest BCUT2D eigenvalue weighted by Crippen LogP contribution is 2.25. The summed E-state index contributed by atoms with van der Waals surface area (Å²) >= 11 is 0. The largest absolute Gasteiger partial charge is 0.478 e. The zero-order chi connectivity index (χ0) is 24.1. The lowest BCUT2D eigenvalue weighted by atomic mass is 9.84. The maximum atomic E-state index is 13.5. The Morgan fingerprint density at radius 2 is 1.71 bits per heavy atom.